The van der Waals surface area contributed by atoms with Crippen LogP contribution in [0.2, 0.25) is 0 Å². The number of aromatic nitrogens is 1. The van der Waals surface area contributed by atoms with Gasteiger partial charge in [-0.25, -0.2) is 4.98 Å². The van der Waals surface area contributed by atoms with Gasteiger partial charge in [0.2, 0.25) is 11.8 Å². The van der Waals surface area contributed by atoms with Crippen molar-refractivity contribution in [1.29, 1.82) is 0 Å². The molecule has 128 valence electrons. The van der Waals surface area contributed by atoms with Crippen molar-refractivity contribution < 1.29 is 9.53 Å². The summed E-state index contributed by atoms with van der Waals surface area (Å²) in [6.07, 6.45) is 3.98. The maximum Gasteiger partial charge on any atom is 0.224 e. The second-order valence-electron chi connectivity index (χ2n) is 7.27. The quantitative estimate of drug-likeness (QED) is 0.875. The third kappa shape index (κ3) is 4.67. The van der Waals surface area contributed by atoms with Gasteiger partial charge in [-0.05, 0) is 53.3 Å². The zero-order chi connectivity index (χ0) is 17.0. The highest BCUT2D eigenvalue weighted by Gasteiger charge is 2.33. The lowest BCUT2D eigenvalue weighted by molar-refractivity contribution is -0.128. The molecule has 1 N–H and O–H groups in total. The Morgan fingerprint density at radius 2 is 2.30 bits per heavy atom. The summed E-state index contributed by atoms with van der Waals surface area (Å²) < 4.78 is 5.79. The lowest BCUT2D eigenvalue weighted by Gasteiger charge is -2.31. The van der Waals surface area contributed by atoms with E-state index < -0.39 is 5.54 Å². The summed E-state index contributed by atoms with van der Waals surface area (Å²) >= 11 is 0. The Morgan fingerprint density at radius 1 is 1.57 bits per heavy atom. The standard InChI is InChI=1S/C18H29N3O2/c1-13-8-6-10-19-17(13)23-12-18(3,4)20-16(22)14(2)15-9-7-11-21(15)5/h6,8,10,14-15H,7,9,11-12H2,1-5H3,(H,20,22)/t14-,15+/m0/s1. The van der Waals surface area contributed by atoms with E-state index >= 15 is 0 Å². The molecule has 2 heterocycles. The molecule has 2 atom stereocenters. The van der Waals surface area contributed by atoms with E-state index in [1.54, 1.807) is 6.20 Å². The molecule has 23 heavy (non-hydrogen) atoms. The van der Waals surface area contributed by atoms with Gasteiger partial charge in [-0.1, -0.05) is 13.0 Å². The van der Waals surface area contributed by atoms with Gasteiger partial charge in [-0.2, -0.15) is 0 Å². The Labute approximate surface area is 139 Å². The maximum absolute atomic E-state index is 12.6. The third-order valence-electron chi connectivity index (χ3n) is 4.56. The largest absolute Gasteiger partial charge is 0.475 e. The number of nitrogens with zero attached hydrogens (tertiary/aromatic N) is 2. The topological polar surface area (TPSA) is 54.5 Å². The van der Waals surface area contributed by atoms with E-state index in [0.717, 1.165) is 18.5 Å². The number of aryl methyl sites for hydroxylation is 1. The molecule has 0 bridgehead atoms. The van der Waals surface area contributed by atoms with Crippen molar-refractivity contribution in [3.05, 3.63) is 23.9 Å². The molecule has 0 radical (unpaired) electrons. The first-order valence-electron chi connectivity index (χ1n) is 8.37. The van der Waals surface area contributed by atoms with E-state index in [0.29, 0.717) is 18.5 Å². The van der Waals surface area contributed by atoms with E-state index in [2.05, 4.69) is 22.2 Å². The number of hydrogen-bond donors (Lipinski definition) is 1. The summed E-state index contributed by atoms with van der Waals surface area (Å²) in [6, 6.07) is 4.19. The van der Waals surface area contributed by atoms with Crippen molar-refractivity contribution in [2.45, 2.75) is 52.1 Å². The van der Waals surface area contributed by atoms with Crippen LogP contribution in [0.1, 0.15) is 39.2 Å². The highest BCUT2D eigenvalue weighted by atomic mass is 16.5. The number of rotatable bonds is 6. The molecular formula is C18H29N3O2. The summed E-state index contributed by atoms with van der Waals surface area (Å²) in [6.45, 7) is 9.41. The monoisotopic (exact) mass is 319 g/mol. The predicted octanol–water partition coefficient (Wildman–Crippen LogP) is 2.39. The molecule has 0 aliphatic carbocycles. The fraction of sp³-hybridized carbons (Fsp3) is 0.667. The number of carbonyl (C=O) groups excluding carboxylic acids is 1. The average molecular weight is 319 g/mol. The number of amides is 1. The Hall–Kier alpha value is -1.62. The number of pyridine rings is 1. The van der Waals surface area contributed by atoms with Crippen LogP contribution in [0.25, 0.3) is 0 Å². The lowest BCUT2D eigenvalue weighted by Crippen LogP contribution is -2.52. The zero-order valence-electron chi connectivity index (χ0n) is 14.9. The predicted molar refractivity (Wildman–Crippen MR) is 91.5 cm³/mol. The molecule has 1 saturated heterocycles. The van der Waals surface area contributed by atoms with E-state index in [1.165, 1.54) is 6.42 Å². The zero-order valence-corrected chi connectivity index (χ0v) is 14.9. The molecule has 0 spiro atoms. The minimum Gasteiger partial charge on any atom is -0.475 e. The van der Waals surface area contributed by atoms with Crippen molar-refractivity contribution in [3.8, 4) is 5.88 Å². The second kappa shape index (κ2) is 7.30. The summed E-state index contributed by atoms with van der Waals surface area (Å²) in [5.74, 6) is 0.701. The normalized spacial score (nSPS) is 20.3. The minimum absolute atomic E-state index is 0.0154. The third-order valence-corrected chi connectivity index (χ3v) is 4.56. The molecule has 1 aliphatic heterocycles. The molecule has 0 saturated carbocycles. The molecule has 2 rings (SSSR count). The highest BCUT2D eigenvalue weighted by molar-refractivity contribution is 5.79. The first kappa shape index (κ1) is 17.7. The smallest absolute Gasteiger partial charge is 0.224 e. The first-order valence-corrected chi connectivity index (χ1v) is 8.37. The van der Waals surface area contributed by atoms with Gasteiger partial charge in [-0.3, -0.25) is 4.79 Å². The molecule has 1 aromatic heterocycles. The van der Waals surface area contributed by atoms with Crippen molar-refractivity contribution in [2.75, 3.05) is 20.2 Å². The molecule has 1 aromatic rings. The fourth-order valence-corrected chi connectivity index (χ4v) is 3.10. The Morgan fingerprint density at radius 3 is 2.91 bits per heavy atom. The molecule has 1 amide bonds. The molecule has 0 aromatic carbocycles. The van der Waals surface area contributed by atoms with Gasteiger partial charge in [0.25, 0.3) is 0 Å². The van der Waals surface area contributed by atoms with Crippen LogP contribution in [0, 0.1) is 12.8 Å². The second-order valence-corrected chi connectivity index (χ2v) is 7.27. The van der Waals surface area contributed by atoms with Crippen molar-refractivity contribution >= 4 is 5.91 Å². The molecule has 0 unspecified atom stereocenters. The van der Waals surface area contributed by atoms with Gasteiger partial charge in [0, 0.05) is 17.8 Å². The van der Waals surface area contributed by atoms with Crippen LogP contribution >= 0.6 is 0 Å². The SMILES string of the molecule is Cc1cccnc1OCC(C)(C)NC(=O)[C@@H](C)[C@H]1CCCN1C. The molecular weight excluding hydrogens is 290 g/mol. The number of carbonyl (C=O) groups is 1. The number of hydrogen-bond acceptors (Lipinski definition) is 4. The number of likely N-dealkylation sites (tertiary alicyclic amines) is 1. The Kier molecular flexibility index (Phi) is 5.63. The lowest BCUT2D eigenvalue weighted by atomic mass is 9.97. The summed E-state index contributed by atoms with van der Waals surface area (Å²) in [7, 11) is 2.10. The van der Waals surface area contributed by atoms with Gasteiger partial charge in [-0.15, -0.1) is 0 Å². The Balaban J connectivity index is 1.89. The van der Waals surface area contributed by atoms with Gasteiger partial charge in [0.1, 0.15) is 6.61 Å². The van der Waals surface area contributed by atoms with Crippen molar-refractivity contribution in [3.63, 3.8) is 0 Å². The molecule has 1 aliphatic rings. The molecule has 5 heteroatoms. The van der Waals surface area contributed by atoms with Gasteiger partial charge < -0.3 is 15.0 Å². The number of ether oxygens (including phenoxy) is 1. The van der Waals surface area contributed by atoms with E-state index in [1.807, 2.05) is 39.8 Å². The average Bonchev–Trinajstić information content (AvgIpc) is 2.91. The van der Waals surface area contributed by atoms with Crippen LogP contribution in [-0.2, 0) is 4.79 Å². The summed E-state index contributed by atoms with van der Waals surface area (Å²) in [4.78, 5) is 19.1. The fourth-order valence-electron chi connectivity index (χ4n) is 3.10. The summed E-state index contributed by atoms with van der Waals surface area (Å²) in [5.41, 5.74) is 0.558. The first-order chi connectivity index (χ1) is 10.8. The molecule has 1 fully saturated rings. The van der Waals surface area contributed by atoms with Crippen LogP contribution in [-0.4, -0.2) is 47.6 Å². The van der Waals surface area contributed by atoms with Gasteiger partial charge >= 0.3 is 0 Å². The van der Waals surface area contributed by atoms with Crippen molar-refractivity contribution in [1.82, 2.24) is 15.2 Å². The van der Waals surface area contributed by atoms with Crippen molar-refractivity contribution in [2.24, 2.45) is 5.92 Å². The van der Waals surface area contributed by atoms with Crippen LogP contribution in [0.15, 0.2) is 18.3 Å². The summed E-state index contributed by atoms with van der Waals surface area (Å²) in [5, 5.41) is 3.12. The Bertz CT molecular complexity index is 545. The van der Waals surface area contributed by atoms with Gasteiger partial charge in [0.15, 0.2) is 0 Å². The van der Waals surface area contributed by atoms with Crippen LogP contribution in [0.5, 0.6) is 5.88 Å². The number of nitrogens with one attached hydrogen (secondary N) is 1. The van der Waals surface area contributed by atoms with Crippen LogP contribution < -0.4 is 10.1 Å². The van der Waals surface area contributed by atoms with E-state index in [4.69, 9.17) is 4.74 Å². The van der Waals surface area contributed by atoms with Crippen LogP contribution in [0.3, 0.4) is 0 Å². The maximum atomic E-state index is 12.6. The molecule has 5 nitrogen and oxygen atoms in total. The highest BCUT2D eigenvalue weighted by Crippen LogP contribution is 2.23. The van der Waals surface area contributed by atoms with E-state index in [-0.39, 0.29) is 11.8 Å². The minimum atomic E-state index is -0.438. The van der Waals surface area contributed by atoms with E-state index in [9.17, 15) is 4.79 Å². The van der Waals surface area contributed by atoms with Gasteiger partial charge in [0.05, 0.1) is 11.5 Å². The van der Waals surface area contributed by atoms with Crippen LogP contribution in [0.4, 0.5) is 0 Å².